The van der Waals surface area contributed by atoms with Crippen molar-refractivity contribution in [3.05, 3.63) is 83.4 Å². The largest absolute Gasteiger partial charge is 0.316 e. The molecule has 5 heteroatoms. The summed E-state index contributed by atoms with van der Waals surface area (Å²) in [4.78, 5) is 0. The first-order chi connectivity index (χ1) is 15.5. The standard InChI is InChI=1S/C27H34N2O2S/c1-3-27(20-10-7-11-20)32(30,31)29-17-23(18-29)21-12-13-22-16-26(28-2)25(24(22)15-21)14-19-8-5-4-6-9-19/h3-6,8-9,12-13,15,20,23,25-28H,1,7,10-11,14,16-18H2,2H3. The van der Waals surface area contributed by atoms with Crippen molar-refractivity contribution in [3.63, 3.8) is 0 Å². The fourth-order valence-corrected chi connectivity index (χ4v) is 7.89. The van der Waals surface area contributed by atoms with E-state index in [-0.39, 0.29) is 11.8 Å². The van der Waals surface area contributed by atoms with Crippen LogP contribution in [0.1, 0.15) is 53.4 Å². The van der Waals surface area contributed by atoms with E-state index in [2.05, 4.69) is 67.5 Å². The van der Waals surface area contributed by atoms with Crippen LogP contribution in [0.15, 0.2) is 61.2 Å². The number of hydrogen-bond acceptors (Lipinski definition) is 3. The molecule has 0 radical (unpaired) electrons. The predicted molar refractivity (Wildman–Crippen MR) is 130 cm³/mol. The highest BCUT2D eigenvalue weighted by Crippen LogP contribution is 2.41. The van der Waals surface area contributed by atoms with E-state index in [0.29, 0.717) is 25.0 Å². The highest BCUT2D eigenvalue weighted by molar-refractivity contribution is 7.90. The Morgan fingerprint density at radius 2 is 1.91 bits per heavy atom. The van der Waals surface area contributed by atoms with Crippen molar-refractivity contribution in [2.75, 3.05) is 20.1 Å². The third-order valence-corrected chi connectivity index (χ3v) is 10.3. The van der Waals surface area contributed by atoms with Gasteiger partial charge in [0.05, 0.1) is 5.25 Å². The van der Waals surface area contributed by atoms with Gasteiger partial charge in [0.25, 0.3) is 0 Å². The van der Waals surface area contributed by atoms with Crippen LogP contribution >= 0.6 is 0 Å². The van der Waals surface area contributed by atoms with Crippen LogP contribution in [0.2, 0.25) is 0 Å². The fourth-order valence-electron chi connectivity index (χ4n) is 5.77. The topological polar surface area (TPSA) is 49.4 Å². The van der Waals surface area contributed by atoms with Crippen LogP contribution in [-0.4, -0.2) is 44.2 Å². The first-order valence-electron chi connectivity index (χ1n) is 12.0. The van der Waals surface area contributed by atoms with Crippen molar-refractivity contribution < 1.29 is 8.42 Å². The number of fused-ring (bicyclic) bond motifs is 1. The molecule has 3 aliphatic rings. The third kappa shape index (κ3) is 3.85. The fraction of sp³-hybridized carbons (Fsp3) is 0.481. The second-order valence-electron chi connectivity index (χ2n) is 9.80. The Bertz CT molecular complexity index is 1070. The van der Waals surface area contributed by atoms with E-state index >= 15 is 0 Å². The molecule has 0 aromatic heterocycles. The van der Waals surface area contributed by atoms with Crippen LogP contribution in [0.3, 0.4) is 0 Å². The zero-order valence-electron chi connectivity index (χ0n) is 18.9. The summed E-state index contributed by atoms with van der Waals surface area (Å²) in [7, 11) is -1.23. The second-order valence-corrected chi connectivity index (χ2v) is 11.9. The van der Waals surface area contributed by atoms with Gasteiger partial charge in [0.2, 0.25) is 10.0 Å². The van der Waals surface area contributed by atoms with E-state index in [0.717, 1.165) is 32.1 Å². The normalized spacial score (nSPS) is 25.0. The van der Waals surface area contributed by atoms with Gasteiger partial charge in [0.15, 0.2) is 0 Å². The summed E-state index contributed by atoms with van der Waals surface area (Å²) in [6, 6.07) is 18.0. The Morgan fingerprint density at radius 1 is 1.16 bits per heavy atom. The number of sulfonamides is 1. The van der Waals surface area contributed by atoms with Crippen LogP contribution in [0, 0.1) is 5.92 Å². The molecule has 2 aromatic rings. The van der Waals surface area contributed by atoms with Crippen molar-refractivity contribution in [2.45, 2.75) is 55.2 Å². The molecular formula is C27H34N2O2S. The van der Waals surface area contributed by atoms with Crippen LogP contribution in [0.25, 0.3) is 0 Å². The van der Waals surface area contributed by atoms with E-state index < -0.39 is 15.3 Å². The molecule has 2 fully saturated rings. The van der Waals surface area contributed by atoms with Crippen LogP contribution < -0.4 is 5.32 Å². The molecule has 1 N–H and O–H groups in total. The van der Waals surface area contributed by atoms with Gasteiger partial charge >= 0.3 is 0 Å². The van der Waals surface area contributed by atoms with Crippen molar-refractivity contribution in [1.29, 1.82) is 0 Å². The SMILES string of the molecule is C=CC(C1CCC1)S(=O)(=O)N1CC(c2ccc3c(c2)C(Cc2ccccc2)C(NC)C3)C1. The lowest BCUT2D eigenvalue weighted by atomic mass is 9.83. The molecule has 2 aromatic carbocycles. The Hall–Kier alpha value is -1.95. The van der Waals surface area contributed by atoms with Gasteiger partial charge in [0, 0.05) is 31.0 Å². The van der Waals surface area contributed by atoms with E-state index in [1.165, 1.54) is 22.3 Å². The monoisotopic (exact) mass is 450 g/mol. The number of benzene rings is 2. The summed E-state index contributed by atoms with van der Waals surface area (Å²) in [6.45, 7) is 5.02. The number of nitrogens with zero attached hydrogens (tertiary/aromatic N) is 1. The Balaban J connectivity index is 1.32. The van der Waals surface area contributed by atoms with E-state index in [9.17, 15) is 8.42 Å². The predicted octanol–water partition coefficient (Wildman–Crippen LogP) is 4.24. The van der Waals surface area contributed by atoms with E-state index in [1.54, 1.807) is 10.4 Å². The number of hydrogen-bond donors (Lipinski definition) is 1. The van der Waals surface area contributed by atoms with Gasteiger partial charge in [-0.15, -0.1) is 6.58 Å². The van der Waals surface area contributed by atoms with Gasteiger partial charge in [-0.3, -0.25) is 0 Å². The second kappa shape index (κ2) is 8.77. The summed E-state index contributed by atoms with van der Waals surface area (Å²) in [6.07, 6.45) is 6.89. The molecule has 5 rings (SSSR count). The van der Waals surface area contributed by atoms with E-state index in [4.69, 9.17) is 0 Å². The molecule has 0 amide bonds. The van der Waals surface area contributed by atoms with Crippen molar-refractivity contribution in [2.24, 2.45) is 5.92 Å². The number of rotatable bonds is 8. The molecule has 3 atom stereocenters. The highest BCUT2D eigenvalue weighted by atomic mass is 32.2. The average Bonchev–Trinajstić information content (AvgIpc) is 3.07. The molecule has 32 heavy (non-hydrogen) atoms. The third-order valence-electron chi connectivity index (χ3n) is 8.03. The van der Waals surface area contributed by atoms with Crippen LogP contribution in [0.4, 0.5) is 0 Å². The van der Waals surface area contributed by atoms with Gasteiger partial charge < -0.3 is 5.32 Å². The first-order valence-corrected chi connectivity index (χ1v) is 13.5. The van der Waals surface area contributed by atoms with Crippen molar-refractivity contribution >= 4 is 10.0 Å². The summed E-state index contributed by atoms with van der Waals surface area (Å²) in [5, 5.41) is 3.12. The van der Waals surface area contributed by atoms with Crippen LogP contribution in [0.5, 0.6) is 0 Å². The van der Waals surface area contributed by atoms with Gasteiger partial charge in [-0.1, -0.05) is 61.0 Å². The number of likely N-dealkylation sites (N-methyl/N-ethyl adjacent to an activating group) is 1. The molecule has 4 nitrogen and oxygen atoms in total. The van der Waals surface area contributed by atoms with Crippen molar-refractivity contribution in [3.8, 4) is 0 Å². The molecule has 2 aliphatic carbocycles. The minimum atomic E-state index is -3.29. The molecule has 1 saturated carbocycles. The molecule has 1 aliphatic heterocycles. The van der Waals surface area contributed by atoms with Gasteiger partial charge in [0.1, 0.15) is 0 Å². The van der Waals surface area contributed by atoms with Gasteiger partial charge in [-0.25, -0.2) is 12.7 Å². The summed E-state index contributed by atoms with van der Waals surface area (Å²) < 4.78 is 27.9. The van der Waals surface area contributed by atoms with Gasteiger partial charge in [-0.05, 0) is 60.9 Å². The first kappa shape index (κ1) is 21.9. The van der Waals surface area contributed by atoms with Crippen LogP contribution in [-0.2, 0) is 22.9 Å². The Morgan fingerprint density at radius 3 is 2.53 bits per heavy atom. The summed E-state index contributed by atoms with van der Waals surface area (Å²) >= 11 is 0. The average molecular weight is 451 g/mol. The molecule has 0 spiro atoms. The quantitative estimate of drug-likeness (QED) is 0.612. The zero-order valence-corrected chi connectivity index (χ0v) is 19.7. The summed E-state index contributed by atoms with van der Waals surface area (Å²) in [5.74, 6) is 0.989. The lowest BCUT2D eigenvalue weighted by molar-refractivity contribution is 0.249. The van der Waals surface area contributed by atoms with Gasteiger partial charge in [-0.2, -0.15) is 0 Å². The summed E-state index contributed by atoms with van der Waals surface area (Å²) in [5.41, 5.74) is 5.51. The Kier molecular flexibility index (Phi) is 5.99. The maximum atomic E-state index is 13.1. The van der Waals surface area contributed by atoms with E-state index in [1.807, 2.05) is 0 Å². The molecule has 170 valence electrons. The minimum absolute atomic E-state index is 0.258. The molecule has 1 heterocycles. The zero-order chi connectivity index (χ0) is 22.3. The smallest absolute Gasteiger partial charge is 0.220 e. The molecule has 3 unspecified atom stereocenters. The lowest BCUT2D eigenvalue weighted by Gasteiger charge is -2.42. The maximum Gasteiger partial charge on any atom is 0.220 e. The minimum Gasteiger partial charge on any atom is -0.316 e. The lowest BCUT2D eigenvalue weighted by Crippen LogP contribution is -2.53. The van der Waals surface area contributed by atoms with Crippen molar-refractivity contribution in [1.82, 2.24) is 9.62 Å². The molecular weight excluding hydrogens is 416 g/mol. The highest BCUT2D eigenvalue weighted by Gasteiger charge is 2.44. The molecule has 1 saturated heterocycles. The maximum absolute atomic E-state index is 13.1. The Labute approximate surface area is 192 Å². The molecule has 0 bridgehead atoms. The number of nitrogens with one attached hydrogen (secondary N) is 1.